The number of hydrogen-bond acceptors (Lipinski definition) is 15. The van der Waals surface area contributed by atoms with Crippen molar-refractivity contribution < 1.29 is 97.1 Å². The van der Waals surface area contributed by atoms with Gasteiger partial charge in [-0.05, 0) is 70.6 Å². The number of nitrogens with zero attached hydrogens (tertiary/aromatic N) is 6. The van der Waals surface area contributed by atoms with Crippen LogP contribution < -0.4 is 20.9 Å². The van der Waals surface area contributed by atoms with Crippen molar-refractivity contribution in [1.82, 2.24) is 29.9 Å². The van der Waals surface area contributed by atoms with Gasteiger partial charge in [0.15, 0.2) is 23.2 Å². The number of aryl methyl sites for hydroxylation is 1. The van der Waals surface area contributed by atoms with Crippen LogP contribution in [0.25, 0.3) is 0 Å². The topological polar surface area (TPSA) is 283 Å². The summed E-state index contributed by atoms with van der Waals surface area (Å²) in [6.07, 6.45) is -16.8. The number of aliphatic hydroxyl groups excluding tert-OH is 1. The first-order valence-electron chi connectivity index (χ1n) is 16.9. The summed E-state index contributed by atoms with van der Waals surface area (Å²) < 4.78 is 152. The molecule has 0 radical (unpaired) electrons. The molecule has 0 aromatic carbocycles. The summed E-state index contributed by atoms with van der Waals surface area (Å²) in [5.41, 5.74) is 10.0. The third kappa shape index (κ3) is 35.1. The molecule has 0 saturated carbocycles. The SMILES string of the molecule is CB(O)O.CC(O)C(F)(F)F.CC(Oc1nc(Cl)ncc1F)C(F)(F)F.CC[C@H](N)C(=O)O.CC[C@H](N)C(=O)O.Cc1ncc(F)c(OC(C)C(F)(F)F)n1.Fc1cnc(Cl)nc1Cl. The fourth-order valence-electron chi connectivity index (χ4n) is 2.08. The first kappa shape index (κ1) is 66.3. The molecule has 0 bridgehead atoms. The van der Waals surface area contributed by atoms with Gasteiger partial charge in [0.1, 0.15) is 24.0 Å². The van der Waals surface area contributed by atoms with Crippen LogP contribution in [0, 0.1) is 24.4 Å². The van der Waals surface area contributed by atoms with Crippen LogP contribution in [0.4, 0.5) is 52.7 Å². The molecule has 3 unspecified atom stereocenters. The van der Waals surface area contributed by atoms with Crippen molar-refractivity contribution in [3.8, 4) is 11.8 Å². The van der Waals surface area contributed by atoms with Crippen LogP contribution in [0.15, 0.2) is 18.6 Å². The monoisotopic (exact) mass is 1010 g/mol. The highest BCUT2D eigenvalue weighted by Gasteiger charge is 2.40. The summed E-state index contributed by atoms with van der Waals surface area (Å²) in [4.78, 5) is 39.6. The van der Waals surface area contributed by atoms with Gasteiger partial charge < -0.3 is 46.3 Å². The molecule has 0 spiro atoms. The molecule has 3 heterocycles. The summed E-state index contributed by atoms with van der Waals surface area (Å²) in [6, 6.07) is -1.36. The van der Waals surface area contributed by atoms with Crippen molar-refractivity contribution in [3.63, 3.8) is 0 Å². The van der Waals surface area contributed by atoms with Gasteiger partial charge >= 0.3 is 37.6 Å². The Kier molecular flexibility index (Phi) is 33.5. The van der Waals surface area contributed by atoms with Gasteiger partial charge in [0, 0.05) is 0 Å². The van der Waals surface area contributed by atoms with Gasteiger partial charge in [-0.1, -0.05) is 25.4 Å². The minimum absolute atomic E-state index is 0.0543. The standard InChI is InChI=1S/C8H8F4N2O.C7H5ClF4N2O.C4HCl2FN2.2C4H9NO2.C3H5F3O.CH5BO2/c1-4(8(10,11)12)15-7-6(9)3-13-5(2)14-7;1-3(7(10,11)12)15-5-4(9)2-13-6(8)14-5;5-3-2(7)1-8-4(6)9-3;2*1-2-3(5)4(6)7;1-2(7)3(4,5)6;1-2(3)4/h3-4H,1-2H3;2-3H,1H3;1H;2*3H,2,5H2,1H3,(H,6,7);2,7H,1H3;3-4H,1H3/t;;;2*3-;;/m...00../s1. The number of carboxylic acids is 2. The van der Waals surface area contributed by atoms with Crippen LogP contribution in [0.1, 0.15) is 53.3 Å². The third-order valence-corrected chi connectivity index (χ3v) is 6.30. The number of rotatable bonds is 8. The van der Waals surface area contributed by atoms with Crippen molar-refractivity contribution in [3.05, 3.63) is 57.6 Å². The summed E-state index contributed by atoms with van der Waals surface area (Å²) >= 11 is 15.7. The smallest absolute Gasteiger partial charge is 0.448 e. The predicted octanol–water partition coefficient (Wildman–Crippen LogP) is 6.41. The van der Waals surface area contributed by atoms with Gasteiger partial charge in [-0.25, -0.2) is 24.3 Å². The van der Waals surface area contributed by atoms with Crippen molar-refractivity contribution >= 4 is 53.9 Å². The van der Waals surface area contributed by atoms with Crippen molar-refractivity contribution in [2.24, 2.45) is 11.5 Å². The normalized spacial score (nSPS) is 13.0. The van der Waals surface area contributed by atoms with Gasteiger partial charge in [0.05, 0.1) is 18.6 Å². The van der Waals surface area contributed by atoms with Gasteiger partial charge in [-0.3, -0.25) is 9.59 Å². The molecule has 17 nitrogen and oxygen atoms in total. The zero-order valence-electron chi connectivity index (χ0n) is 34.0. The molecule has 0 aliphatic heterocycles. The predicted molar refractivity (Wildman–Crippen MR) is 204 cm³/mol. The summed E-state index contributed by atoms with van der Waals surface area (Å²) in [5.74, 6) is -6.01. The van der Waals surface area contributed by atoms with E-state index < -0.39 is 97.2 Å². The lowest BCUT2D eigenvalue weighted by Gasteiger charge is -2.16. The van der Waals surface area contributed by atoms with Crippen molar-refractivity contribution in [2.75, 3.05) is 0 Å². The van der Waals surface area contributed by atoms with E-state index in [0.29, 0.717) is 26.0 Å². The van der Waals surface area contributed by atoms with E-state index in [1.165, 1.54) is 13.7 Å². The Bertz CT molecular complexity index is 1710. The molecule has 0 aliphatic carbocycles. The van der Waals surface area contributed by atoms with Crippen LogP contribution in [-0.4, -0.2) is 123 Å². The second-order valence-electron chi connectivity index (χ2n) is 11.3. The molecule has 3 aromatic rings. The number of aliphatic carboxylic acids is 2. The van der Waals surface area contributed by atoms with Gasteiger partial charge in [0.2, 0.25) is 22.2 Å². The lowest BCUT2D eigenvalue weighted by Crippen LogP contribution is -2.31. The second-order valence-corrected chi connectivity index (χ2v) is 12.3. The van der Waals surface area contributed by atoms with Crippen molar-refractivity contribution in [1.29, 1.82) is 0 Å². The maximum Gasteiger partial charge on any atom is 0.448 e. The van der Waals surface area contributed by atoms with Crippen LogP contribution in [0.2, 0.25) is 22.5 Å². The van der Waals surface area contributed by atoms with E-state index in [0.717, 1.165) is 26.2 Å². The minimum Gasteiger partial charge on any atom is -0.480 e. The Morgan fingerprint density at radius 2 is 0.969 bits per heavy atom. The highest BCUT2D eigenvalue weighted by atomic mass is 35.5. The molecular formula is C31H42BCl3F12N8O9. The Labute approximate surface area is 371 Å². The minimum atomic E-state index is -4.59. The van der Waals surface area contributed by atoms with Crippen LogP contribution in [0.3, 0.4) is 0 Å². The average Bonchev–Trinajstić information content (AvgIpc) is 3.15. The van der Waals surface area contributed by atoms with E-state index >= 15 is 0 Å². The molecule has 0 fully saturated rings. The Morgan fingerprint density at radius 3 is 1.22 bits per heavy atom. The second kappa shape index (κ2) is 32.3. The molecule has 0 saturated heterocycles. The highest BCUT2D eigenvalue weighted by molar-refractivity contribution is 6.39. The zero-order valence-corrected chi connectivity index (χ0v) is 36.3. The number of aliphatic hydroxyl groups is 1. The number of carboxylic acid groups (broad SMARTS) is 2. The van der Waals surface area contributed by atoms with E-state index in [2.05, 4.69) is 39.4 Å². The van der Waals surface area contributed by atoms with Gasteiger partial charge in [-0.15, -0.1) is 0 Å². The Hall–Kier alpha value is -4.33. The number of alkyl halides is 9. The summed E-state index contributed by atoms with van der Waals surface area (Å²) in [7, 11) is -1.17. The largest absolute Gasteiger partial charge is 0.480 e. The third-order valence-electron chi connectivity index (χ3n) is 5.67. The quantitative estimate of drug-likeness (QED) is 0.0555. The van der Waals surface area contributed by atoms with E-state index in [-0.39, 0.29) is 21.5 Å². The lowest BCUT2D eigenvalue weighted by molar-refractivity contribution is -0.197. The van der Waals surface area contributed by atoms with E-state index in [1.807, 2.05) is 0 Å². The van der Waals surface area contributed by atoms with E-state index in [4.69, 9.17) is 71.6 Å². The summed E-state index contributed by atoms with van der Waals surface area (Å²) in [5, 5.41) is 38.4. The lowest BCUT2D eigenvalue weighted by atomic mass is 9.99. The molecule has 0 aliphatic rings. The molecule has 0 amide bonds. The number of carbonyl (C=O) groups is 2. The molecular weight excluding hydrogens is 974 g/mol. The van der Waals surface area contributed by atoms with E-state index in [1.54, 1.807) is 13.8 Å². The molecule has 3 rings (SSSR count). The van der Waals surface area contributed by atoms with Crippen LogP contribution in [-0.2, 0) is 9.59 Å². The first-order chi connectivity index (χ1) is 28.8. The number of nitrogens with two attached hydrogens (primary N) is 2. The maximum absolute atomic E-state index is 12.9. The zero-order chi connectivity index (χ0) is 51.5. The fraction of sp³-hybridized carbons (Fsp3) is 0.548. The summed E-state index contributed by atoms with van der Waals surface area (Å²) in [6.45, 7) is 8.36. The molecule has 9 N–H and O–H groups in total. The van der Waals surface area contributed by atoms with Crippen LogP contribution in [0.5, 0.6) is 11.8 Å². The molecule has 5 atom stereocenters. The average molecular weight is 1020 g/mol. The maximum atomic E-state index is 12.9. The first-order valence-corrected chi connectivity index (χ1v) is 18.0. The highest BCUT2D eigenvalue weighted by Crippen LogP contribution is 2.26. The number of hydrogen-bond donors (Lipinski definition) is 7. The number of halogens is 15. The Balaban J connectivity index is -0.000000343. The molecule has 64 heavy (non-hydrogen) atoms. The molecule has 3 aromatic heterocycles. The fourth-order valence-corrected chi connectivity index (χ4v) is 2.51. The van der Waals surface area contributed by atoms with Crippen molar-refractivity contribution in [2.45, 2.75) is 110 Å². The molecule has 368 valence electrons. The molecule has 33 heteroatoms. The van der Waals surface area contributed by atoms with Crippen LogP contribution >= 0.6 is 34.8 Å². The number of ether oxygens (including phenoxy) is 2. The van der Waals surface area contributed by atoms with Gasteiger partial charge in [-0.2, -0.15) is 58.3 Å². The van der Waals surface area contributed by atoms with E-state index in [9.17, 15) is 62.3 Å². The van der Waals surface area contributed by atoms with Gasteiger partial charge in [0.25, 0.3) is 11.8 Å². The Morgan fingerprint density at radius 1 is 0.672 bits per heavy atom. The number of aromatic nitrogens is 6.